The van der Waals surface area contributed by atoms with E-state index in [0.29, 0.717) is 11.3 Å². The van der Waals surface area contributed by atoms with E-state index in [1.807, 2.05) is 13.8 Å². The Morgan fingerprint density at radius 2 is 1.67 bits per heavy atom. The van der Waals surface area contributed by atoms with Crippen LogP contribution in [0.5, 0.6) is 5.75 Å². The van der Waals surface area contributed by atoms with Crippen molar-refractivity contribution in [1.82, 2.24) is 5.32 Å². The summed E-state index contributed by atoms with van der Waals surface area (Å²) in [6.07, 6.45) is -0.560. The van der Waals surface area contributed by atoms with Gasteiger partial charge in [0.25, 0.3) is 5.91 Å². The lowest BCUT2D eigenvalue weighted by molar-refractivity contribution is -0.127. The lowest BCUT2D eigenvalue weighted by Gasteiger charge is -2.16. The molecular formula is C14H19NO3. The van der Waals surface area contributed by atoms with Crippen LogP contribution in [0.25, 0.3) is 0 Å². The van der Waals surface area contributed by atoms with Crippen LogP contribution in [-0.4, -0.2) is 23.8 Å². The van der Waals surface area contributed by atoms with E-state index in [1.54, 1.807) is 31.2 Å². The maximum absolute atomic E-state index is 11.6. The average molecular weight is 249 g/mol. The topological polar surface area (TPSA) is 55.4 Å². The van der Waals surface area contributed by atoms with Crippen LogP contribution in [0.4, 0.5) is 0 Å². The number of ether oxygens (including phenoxy) is 1. The molecule has 4 heteroatoms. The number of benzene rings is 1. The molecule has 0 bridgehead atoms. The third-order valence-electron chi connectivity index (χ3n) is 2.37. The molecule has 0 saturated heterocycles. The maximum atomic E-state index is 11.6. The first-order valence-electron chi connectivity index (χ1n) is 5.98. The van der Waals surface area contributed by atoms with Crippen molar-refractivity contribution in [1.29, 1.82) is 0 Å². The van der Waals surface area contributed by atoms with Crippen LogP contribution in [0.3, 0.4) is 0 Å². The summed E-state index contributed by atoms with van der Waals surface area (Å²) in [6, 6.07) is 6.84. The Morgan fingerprint density at radius 1 is 1.11 bits per heavy atom. The summed E-state index contributed by atoms with van der Waals surface area (Å²) in [5, 5.41) is 2.77. The minimum Gasteiger partial charge on any atom is -0.481 e. The smallest absolute Gasteiger partial charge is 0.260 e. The molecule has 1 rings (SSSR count). The summed E-state index contributed by atoms with van der Waals surface area (Å²) in [4.78, 5) is 22.7. The third-order valence-corrected chi connectivity index (χ3v) is 2.37. The van der Waals surface area contributed by atoms with Crippen molar-refractivity contribution < 1.29 is 14.3 Å². The predicted octanol–water partition coefficient (Wildman–Crippen LogP) is 2.18. The Hall–Kier alpha value is -1.84. The number of amides is 1. The molecule has 0 aliphatic heterocycles. The molecule has 1 aromatic rings. The second-order valence-electron chi connectivity index (χ2n) is 4.50. The molecular weight excluding hydrogens is 230 g/mol. The summed E-state index contributed by atoms with van der Waals surface area (Å²) in [6.45, 7) is 6.99. The van der Waals surface area contributed by atoms with Gasteiger partial charge in [-0.05, 0) is 52.0 Å². The highest BCUT2D eigenvalue weighted by Crippen LogP contribution is 2.14. The summed E-state index contributed by atoms with van der Waals surface area (Å²) >= 11 is 0. The van der Waals surface area contributed by atoms with E-state index in [0.717, 1.165) is 0 Å². The second kappa shape index (κ2) is 6.19. The van der Waals surface area contributed by atoms with E-state index in [2.05, 4.69) is 5.32 Å². The van der Waals surface area contributed by atoms with Crippen LogP contribution in [-0.2, 0) is 4.79 Å². The molecule has 1 amide bonds. The number of carbonyl (C=O) groups is 2. The zero-order chi connectivity index (χ0) is 13.7. The van der Waals surface area contributed by atoms with Gasteiger partial charge in [-0.15, -0.1) is 0 Å². The first-order valence-corrected chi connectivity index (χ1v) is 5.98. The maximum Gasteiger partial charge on any atom is 0.260 e. The number of rotatable bonds is 5. The van der Waals surface area contributed by atoms with Gasteiger partial charge in [0.1, 0.15) is 5.75 Å². The Bertz CT molecular complexity index is 423. The molecule has 0 heterocycles. The van der Waals surface area contributed by atoms with E-state index in [1.165, 1.54) is 6.92 Å². The third kappa shape index (κ3) is 4.20. The Labute approximate surface area is 107 Å². The van der Waals surface area contributed by atoms with Crippen LogP contribution in [0.2, 0.25) is 0 Å². The van der Waals surface area contributed by atoms with Gasteiger partial charge in [-0.1, -0.05) is 0 Å². The lowest BCUT2D eigenvalue weighted by atomic mass is 10.1. The molecule has 0 aliphatic carbocycles. The molecule has 0 radical (unpaired) electrons. The number of hydrogen-bond donors (Lipinski definition) is 1. The van der Waals surface area contributed by atoms with E-state index < -0.39 is 6.10 Å². The van der Waals surface area contributed by atoms with Crippen LogP contribution in [0, 0.1) is 0 Å². The summed E-state index contributed by atoms with van der Waals surface area (Å²) in [7, 11) is 0. The largest absolute Gasteiger partial charge is 0.481 e. The second-order valence-corrected chi connectivity index (χ2v) is 4.50. The summed E-state index contributed by atoms with van der Waals surface area (Å²) < 4.78 is 5.49. The molecule has 1 aromatic carbocycles. The minimum absolute atomic E-state index is 0.00662. The molecule has 1 unspecified atom stereocenters. The normalized spacial score (nSPS) is 12.1. The first kappa shape index (κ1) is 14.2. The van der Waals surface area contributed by atoms with Gasteiger partial charge in [-0.2, -0.15) is 0 Å². The molecule has 0 aliphatic rings. The number of hydrogen-bond acceptors (Lipinski definition) is 3. The molecule has 1 N–H and O–H groups in total. The molecule has 98 valence electrons. The van der Waals surface area contributed by atoms with Crippen molar-refractivity contribution in [2.24, 2.45) is 0 Å². The minimum atomic E-state index is -0.560. The van der Waals surface area contributed by atoms with Crippen LogP contribution in [0.15, 0.2) is 24.3 Å². The molecule has 1 atom stereocenters. The van der Waals surface area contributed by atoms with E-state index in [9.17, 15) is 9.59 Å². The van der Waals surface area contributed by atoms with Crippen molar-refractivity contribution in [3.63, 3.8) is 0 Å². The number of carbonyl (C=O) groups excluding carboxylic acids is 2. The molecule has 4 nitrogen and oxygen atoms in total. The summed E-state index contributed by atoms with van der Waals surface area (Å²) in [5.74, 6) is 0.430. The van der Waals surface area contributed by atoms with Crippen molar-refractivity contribution in [2.45, 2.75) is 39.8 Å². The predicted molar refractivity (Wildman–Crippen MR) is 69.8 cm³/mol. The number of nitrogens with one attached hydrogen (secondary N) is 1. The van der Waals surface area contributed by atoms with Crippen LogP contribution >= 0.6 is 0 Å². The Kier molecular flexibility index (Phi) is 4.89. The van der Waals surface area contributed by atoms with Gasteiger partial charge in [0.15, 0.2) is 11.9 Å². The standard InChI is InChI=1S/C14H19NO3/c1-9(2)15-14(17)11(4)18-13-7-5-12(6-8-13)10(3)16/h5-9,11H,1-4H3,(H,15,17). The van der Waals surface area contributed by atoms with E-state index >= 15 is 0 Å². The zero-order valence-corrected chi connectivity index (χ0v) is 11.2. The van der Waals surface area contributed by atoms with Gasteiger partial charge in [0.2, 0.25) is 0 Å². The zero-order valence-electron chi connectivity index (χ0n) is 11.2. The van der Waals surface area contributed by atoms with Gasteiger partial charge in [-0.25, -0.2) is 0 Å². The fourth-order valence-corrected chi connectivity index (χ4v) is 1.43. The van der Waals surface area contributed by atoms with Crippen LogP contribution in [0.1, 0.15) is 38.1 Å². The number of Topliss-reactive ketones (excluding diaryl/α,β-unsaturated/α-hetero) is 1. The number of ketones is 1. The van der Waals surface area contributed by atoms with Crippen molar-refractivity contribution in [2.75, 3.05) is 0 Å². The quantitative estimate of drug-likeness (QED) is 0.814. The molecule has 0 spiro atoms. The molecule has 0 saturated carbocycles. The monoisotopic (exact) mass is 249 g/mol. The van der Waals surface area contributed by atoms with Crippen molar-refractivity contribution in [3.05, 3.63) is 29.8 Å². The molecule has 0 aromatic heterocycles. The highest BCUT2D eigenvalue weighted by atomic mass is 16.5. The highest BCUT2D eigenvalue weighted by molar-refractivity contribution is 5.94. The Morgan fingerprint density at radius 3 is 2.11 bits per heavy atom. The first-order chi connectivity index (χ1) is 8.40. The Balaban J connectivity index is 2.61. The van der Waals surface area contributed by atoms with Gasteiger partial charge in [0.05, 0.1) is 0 Å². The SMILES string of the molecule is CC(=O)c1ccc(OC(C)C(=O)NC(C)C)cc1. The highest BCUT2D eigenvalue weighted by Gasteiger charge is 2.15. The van der Waals surface area contributed by atoms with E-state index in [-0.39, 0.29) is 17.7 Å². The summed E-state index contributed by atoms with van der Waals surface area (Å²) in [5.41, 5.74) is 0.627. The fourth-order valence-electron chi connectivity index (χ4n) is 1.43. The van der Waals surface area contributed by atoms with Gasteiger partial charge in [-0.3, -0.25) is 9.59 Å². The van der Waals surface area contributed by atoms with Gasteiger partial charge in [0, 0.05) is 11.6 Å². The molecule has 0 fully saturated rings. The van der Waals surface area contributed by atoms with Gasteiger partial charge < -0.3 is 10.1 Å². The van der Waals surface area contributed by atoms with Crippen LogP contribution < -0.4 is 10.1 Å². The van der Waals surface area contributed by atoms with Gasteiger partial charge >= 0.3 is 0 Å². The van der Waals surface area contributed by atoms with Crippen molar-refractivity contribution in [3.8, 4) is 5.75 Å². The average Bonchev–Trinajstić information content (AvgIpc) is 2.28. The molecule has 18 heavy (non-hydrogen) atoms. The van der Waals surface area contributed by atoms with Crippen molar-refractivity contribution >= 4 is 11.7 Å². The van der Waals surface area contributed by atoms with E-state index in [4.69, 9.17) is 4.74 Å². The lowest BCUT2D eigenvalue weighted by Crippen LogP contribution is -2.40. The fraction of sp³-hybridized carbons (Fsp3) is 0.429.